The molecule has 1 aromatic heterocycles. The van der Waals surface area contributed by atoms with Gasteiger partial charge in [0.05, 0.1) is 16.3 Å². The molecule has 0 spiro atoms. The molecule has 1 aromatic carbocycles. The average Bonchev–Trinajstić information content (AvgIpc) is 2.88. The smallest absolute Gasteiger partial charge is 0.308 e. The predicted molar refractivity (Wildman–Crippen MR) is 92.1 cm³/mol. The van der Waals surface area contributed by atoms with E-state index in [1.165, 1.54) is 0 Å². The van der Waals surface area contributed by atoms with Crippen molar-refractivity contribution in [3.63, 3.8) is 0 Å². The minimum absolute atomic E-state index is 0.0431. The van der Waals surface area contributed by atoms with Gasteiger partial charge in [-0.2, -0.15) is 13.2 Å². The van der Waals surface area contributed by atoms with Gasteiger partial charge in [0.1, 0.15) is 5.03 Å². The van der Waals surface area contributed by atoms with Crippen LogP contribution in [0.4, 0.5) is 18.9 Å². The van der Waals surface area contributed by atoms with E-state index in [-0.39, 0.29) is 27.8 Å². The summed E-state index contributed by atoms with van der Waals surface area (Å²) in [6.07, 6.45) is -2.98. The average molecular weight is 387 g/mol. The Morgan fingerprint density at radius 3 is 2.80 bits per heavy atom. The van der Waals surface area contributed by atoms with Crippen LogP contribution in [-0.4, -0.2) is 22.7 Å². The second-order valence-electron chi connectivity index (χ2n) is 5.74. The third kappa shape index (κ3) is 3.77. The number of pyridine rings is 1. The Hall–Kier alpha value is -1.73. The Morgan fingerprint density at radius 2 is 2.12 bits per heavy atom. The van der Waals surface area contributed by atoms with Gasteiger partial charge in [-0.15, -0.1) is 0 Å². The van der Waals surface area contributed by atoms with E-state index in [0.717, 1.165) is 41.7 Å². The molecule has 0 saturated heterocycles. The van der Waals surface area contributed by atoms with Gasteiger partial charge in [-0.3, -0.25) is 4.79 Å². The summed E-state index contributed by atoms with van der Waals surface area (Å²) < 4.78 is 37.9. The van der Waals surface area contributed by atoms with Crippen LogP contribution < -0.4 is 4.90 Å². The van der Waals surface area contributed by atoms with Crippen molar-refractivity contribution in [3.05, 3.63) is 52.7 Å². The summed E-state index contributed by atoms with van der Waals surface area (Å²) in [6.45, 7) is 1.96. The van der Waals surface area contributed by atoms with E-state index in [1.54, 1.807) is 4.90 Å². The molecule has 3 rings (SSSR count). The summed E-state index contributed by atoms with van der Waals surface area (Å²) in [5.41, 5.74) is 1.08. The van der Waals surface area contributed by atoms with Gasteiger partial charge in [-0.05, 0) is 31.0 Å². The van der Waals surface area contributed by atoms with Gasteiger partial charge in [-0.25, -0.2) is 4.98 Å². The van der Waals surface area contributed by atoms with Gasteiger partial charge in [-0.1, -0.05) is 41.6 Å². The molecule has 1 atom stereocenters. The van der Waals surface area contributed by atoms with Crippen LogP contribution in [-0.2, 0) is 17.4 Å². The zero-order chi connectivity index (χ0) is 18.2. The lowest BCUT2D eigenvalue weighted by Crippen LogP contribution is -2.37. The summed E-state index contributed by atoms with van der Waals surface area (Å²) in [7, 11) is 0. The molecule has 1 amide bonds. The van der Waals surface area contributed by atoms with Crippen molar-refractivity contribution in [2.75, 3.05) is 10.7 Å². The number of aromatic nitrogens is 1. The zero-order valence-electron chi connectivity index (χ0n) is 13.2. The molecule has 2 heterocycles. The number of amides is 1. The summed E-state index contributed by atoms with van der Waals surface area (Å²) in [4.78, 5) is 18.1. The van der Waals surface area contributed by atoms with Crippen molar-refractivity contribution < 1.29 is 18.0 Å². The van der Waals surface area contributed by atoms with Gasteiger partial charge in [0.15, 0.2) is 0 Å². The third-order valence-electron chi connectivity index (χ3n) is 3.94. The lowest BCUT2D eigenvalue weighted by atomic mass is 10.1. The number of carbonyl (C=O) groups is 1. The van der Waals surface area contributed by atoms with Crippen LogP contribution in [0.3, 0.4) is 0 Å². The molecule has 0 radical (unpaired) electrons. The molecule has 0 saturated carbocycles. The van der Waals surface area contributed by atoms with Gasteiger partial charge < -0.3 is 4.90 Å². The highest BCUT2D eigenvalue weighted by Gasteiger charge is 2.32. The number of rotatable bonds is 3. The first-order valence-electron chi connectivity index (χ1n) is 7.53. The number of benzene rings is 1. The predicted octanol–water partition coefficient (Wildman–Crippen LogP) is 4.82. The topological polar surface area (TPSA) is 33.2 Å². The minimum atomic E-state index is -4.50. The Labute approximate surface area is 152 Å². The molecule has 2 aromatic rings. The second-order valence-corrected chi connectivity index (χ2v) is 7.11. The van der Waals surface area contributed by atoms with Crippen molar-refractivity contribution in [1.82, 2.24) is 4.98 Å². The normalized spacial score (nSPS) is 16.8. The Bertz CT molecular complexity index is 813. The van der Waals surface area contributed by atoms with Gasteiger partial charge in [0.2, 0.25) is 5.91 Å². The molecule has 3 nitrogen and oxygen atoms in total. The highest BCUT2D eigenvalue weighted by Crippen LogP contribution is 2.35. The second kappa shape index (κ2) is 6.88. The van der Waals surface area contributed by atoms with E-state index in [4.69, 9.17) is 11.6 Å². The highest BCUT2D eigenvalue weighted by molar-refractivity contribution is 8.00. The monoisotopic (exact) mass is 386 g/mol. The molecule has 1 aliphatic rings. The van der Waals surface area contributed by atoms with E-state index < -0.39 is 11.7 Å². The number of carbonyl (C=O) groups excluding carboxylic acids is 1. The van der Waals surface area contributed by atoms with Crippen molar-refractivity contribution in [2.45, 2.75) is 30.6 Å². The maximum Gasteiger partial charge on any atom is 0.417 e. The van der Waals surface area contributed by atoms with Crippen LogP contribution in [0, 0.1) is 0 Å². The third-order valence-corrected chi connectivity index (χ3v) is 5.33. The van der Waals surface area contributed by atoms with Gasteiger partial charge in [0.25, 0.3) is 0 Å². The molecule has 1 aliphatic heterocycles. The van der Waals surface area contributed by atoms with Crippen LogP contribution in [0.1, 0.15) is 18.1 Å². The Morgan fingerprint density at radius 1 is 1.40 bits per heavy atom. The van der Waals surface area contributed by atoms with Gasteiger partial charge in [0, 0.05) is 17.9 Å². The largest absolute Gasteiger partial charge is 0.417 e. The van der Waals surface area contributed by atoms with Crippen molar-refractivity contribution in [3.8, 4) is 0 Å². The number of para-hydroxylation sites is 1. The van der Waals surface area contributed by atoms with Crippen LogP contribution in [0.2, 0.25) is 5.02 Å². The first-order valence-corrected chi connectivity index (χ1v) is 8.89. The van der Waals surface area contributed by atoms with Crippen LogP contribution in [0.15, 0.2) is 41.6 Å². The van der Waals surface area contributed by atoms with E-state index in [9.17, 15) is 18.0 Å². The first-order chi connectivity index (χ1) is 11.8. The highest BCUT2D eigenvalue weighted by atomic mass is 35.5. The molecule has 132 valence electrons. The fraction of sp³-hybridized carbons (Fsp3) is 0.294. The van der Waals surface area contributed by atoms with Crippen LogP contribution in [0.25, 0.3) is 0 Å². The molecule has 0 aliphatic carbocycles. The first kappa shape index (κ1) is 18.1. The Kier molecular flexibility index (Phi) is 4.97. The number of anilines is 1. The van der Waals surface area contributed by atoms with Crippen molar-refractivity contribution >= 4 is 35.0 Å². The number of halogens is 4. The maximum atomic E-state index is 12.6. The maximum absolute atomic E-state index is 12.6. The number of hydrogen-bond acceptors (Lipinski definition) is 3. The van der Waals surface area contributed by atoms with E-state index in [2.05, 4.69) is 4.98 Å². The molecule has 8 heteroatoms. The quantitative estimate of drug-likeness (QED) is 0.709. The Balaban J connectivity index is 1.71. The SMILES string of the molecule is C[C@@H]1Cc2ccccc2N1C(=O)CSc1ncc(C(F)(F)F)cc1Cl. The van der Waals surface area contributed by atoms with E-state index >= 15 is 0 Å². The molecule has 0 bridgehead atoms. The summed E-state index contributed by atoms with van der Waals surface area (Å²) in [5.74, 6) is -0.0725. The van der Waals surface area contributed by atoms with Crippen LogP contribution >= 0.6 is 23.4 Å². The van der Waals surface area contributed by atoms with E-state index in [1.807, 2.05) is 31.2 Å². The van der Waals surface area contributed by atoms with Crippen molar-refractivity contribution in [1.29, 1.82) is 0 Å². The minimum Gasteiger partial charge on any atom is -0.308 e. The van der Waals surface area contributed by atoms with E-state index in [0.29, 0.717) is 0 Å². The lowest BCUT2D eigenvalue weighted by molar-refractivity contribution is -0.137. The molecule has 0 unspecified atom stereocenters. The molecule has 0 fully saturated rings. The number of alkyl halides is 3. The molecular formula is C17H14ClF3N2OS. The fourth-order valence-electron chi connectivity index (χ4n) is 2.83. The number of fused-ring (bicyclic) bond motifs is 1. The van der Waals surface area contributed by atoms with Crippen LogP contribution in [0.5, 0.6) is 0 Å². The molecule has 25 heavy (non-hydrogen) atoms. The number of hydrogen-bond donors (Lipinski definition) is 0. The summed E-state index contributed by atoms with van der Waals surface area (Å²) in [5, 5.41) is 0.102. The van der Waals surface area contributed by atoms with Gasteiger partial charge >= 0.3 is 6.18 Å². The lowest BCUT2D eigenvalue weighted by Gasteiger charge is -2.22. The number of thioether (sulfide) groups is 1. The van der Waals surface area contributed by atoms with Crippen molar-refractivity contribution in [2.24, 2.45) is 0 Å². The molecular weight excluding hydrogens is 373 g/mol. The summed E-state index contributed by atoms with van der Waals surface area (Å²) >= 11 is 6.92. The fourth-order valence-corrected chi connectivity index (χ4v) is 3.89. The summed E-state index contributed by atoms with van der Waals surface area (Å²) in [6, 6.07) is 8.56. The standard InChI is InChI=1S/C17H14ClF3N2OS/c1-10-6-11-4-2-3-5-14(11)23(10)15(24)9-25-16-13(18)7-12(8-22-16)17(19,20)21/h2-5,7-8,10H,6,9H2,1H3/t10-/m1/s1. The molecule has 0 N–H and O–H groups in total. The number of nitrogens with zero attached hydrogens (tertiary/aromatic N) is 2. The zero-order valence-corrected chi connectivity index (χ0v) is 14.8.